The molecule has 118 valence electrons. The zero-order valence-corrected chi connectivity index (χ0v) is 14.2. The topological polar surface area (TPSA) is 60.0 Å². The first-order chi connectivity index (χ1) is 11.0. The van der Waals surface area contributed by atoms with Crippen molar-refractivity contribution >= 4 is 40.5 Å². The number of aromatic nitrogens is 3. The van der Waals surface area contributed by atoms with Gasteiger partial charge in [-0.15, -0.1) is 10.2 Å². The van der Waals surface area contributed by atoms with Crippen molar-refractivity contribution in [2.45, 2.75) is 0 Å². The molecule has 0 amide bonds. The van der Waals surface area contributed by atoms with Gasteiger partial charge in [-0.2, -0.15) is 0 Å². The number of rotatable bonds is 3. The minimum absolute atomic E-state index is 0.543. The van der Waals surface area contributed by atoms with Gasteiger partial charge in [-0.05, 0) is 42.5 Å². The number of nitrogens with two attached hydrogens (primary N) is 1. The third-order valence-corrected chi connectivity index (χ3v) is 4.16. The van der Waals surface area contributed by atoms with E-state index >= 15 is 0 Å². The summed E-state index contributed by atoms with van der Waals surface area (Å²) >= 11 is 12.2. The maximum absolute atomic E-state index is 6.27. The van der Waals surface area contributed by atoms with Crippen LogP contribution in [0.5, 0.6) is 0 Å². The fourth-order valence-electron chi connectivity index (χ4n) is 2.34. The molecular formula is C16H15Cl2N5. The second-order valence-electron chi connectivity index (χ2n) is 5.16. The fourth-order valence-corrected chi connectivity index (χ4v) is 2.74. The van der Waals surface area contributed by atoms with E-state index in [-0.39, 0.29) is 0 Å². The molecule has 0 aliphatic carbocycles. The third kappa shape index (κ3) is 2.98. The van der Waals surface area contributed by atoms with Crippen LogP contribution in [0.4, 0.5) is 17.3 Å². The maximum Gasteiger partial charge on any atom is 0.231 e. The zero-order chi connectivity index (χ0) is 16.6. The lowest BCUT2D eigenvalue weighted by Crippen LogP contribution is -2.14. The Hall–Kier alpha value is -2.24. The molecule has 2 N–H and O–H groups in total. The highest BCUT2D eigenvalue weighted by Gasteiger charge is 2.17. The Morgan fingerprint density at radius 3 is 2.39 bits per heavy atom. The van der Waals surface area contributed by atoms with Gasteiger partial charge in [-0.1, -0.05) is 23.2 Å². The zero-order valence-electron chi connectivity index (χ0n) is 12.7. The molecular weight excluding hydrogens is 333 g/mol. The van der Waals surface area contributed by atoms with Gasteiger partial charge in [0, 0.05) is 36.1 Å². The Kier molecular flexibility index (Phi) is 4.15. The van der Waals surface area contributed by atoms with Crippen molar-refractivity contribution in [2.75, 3.05) is 17.7 Å². The summed E-state index contributed by atoms with van der Waals surface area (Å²) in [6, 6.07) is 12.9. The Bertz CT molecular complexity index is 842. The Balaban J connectivity index is 2.00. The Labute approximate surface area is 144 Å². The van der Waals surface area contributed by atoms with Gasteiger partial charge >= 0.3 is 0 Å². The van der Waals surface area contributed by atoms with E-state index in [1.165, 1.54) is 0 Å². The van der Waals surface area contributed by atoms with Gasteiger partial charge in [0.1, 0.15) is 0 Å². The summed E-state index contributed by atoms with van der Waals surface area (Å²) in [4.78, 5) is 1.93. The lowest BCUT2D eigenvalue weighted by atomic mass is 10.2. The van der Waals surface area contributed by atoms with Crippen LogP contribution in [0.3, 0.4) is 0 Å². The molecule has 0 saturated heterocycles. The summed E-state index contributed by atoms with van der Waals surface area (Å²) in [6.45, 7) is 0. The molecule has 0 aliphatic heterocycles. The molecule has 0 aliphatic rings. The van der Waals surface area contributed by atoms with Crippen LogP contribution in [0.2, 0.25) is 10.0 Å². The first-order valence-corrected chi connectivity index (χ1v) is 7.67. The summed E-state index contributed by atoms with van der Waals surface area (Å²) in [7, 11) is 3.81. The molecule has 3 rings (SSSR count). The van der Waals surface area contributed by atoms with Crippen molar-refractivity contribution in [3.05, 3.63) is 52.5 Å². The molecule has 0 bridgehead atoms. The van der Waals surface area contributed by atoms with Crippen molar-refractivity contribution in [1.82, 2.24) is 14.8 Å². The van der Waals surface area contributed by atoms with E-state index in [0.29, 0.717) is 27.5 Å². The average Bonchev–Trinajstić information content (AvgIpc) is 2.89. The standard InChI is InChI=1S/C16H15Cl2N5/c1-22(12-6-3-10(17)4-7-12)16-21-20-15(23(16)2)13-8-5-11(19)9-14(13)18/h3-9H,19H2,1-2H3. The SMILES string of the molecule is CN(c1ccc(Cl)cc1)c1nnc(-c2ccc(N)cc2Cl)n1C. The molecule has 23 heavy (non-hydrogen) atoms. The lowest BCUT2D eigenvalue weighted by molar-refractivity contribution is 0.890. The highest BCUT2D eigenvalue weighted by molar-refractivity contribution is 6.33. The van der Waals surface area contributed by atoms with Crippen molar-refractivity contribution < 1.29 is 0 Å². The molecule has 1 aromatic heterocycles. The highest BCUT2D eigenvalue weighted by Crippen LogP contribution is 2.31. The summed E-state index contributed by atoms with van der Waals surface area (Å²) in [6.07, 6.45) is 0. The third-order valence-electron chi connectivity index (χ3n) is 3.60. The summed E-state index contributed by atoms with van der Waals surface area (Å²) < 4.78 is 1.88. The van der Waals surface area contributed by atoms with E-state index < -0.39 is 0 Å². The van der Waals surface area contributed by atoms with Gasteiger partial charge in [0.15, 0.2) is 5.82 Å². The van der Waals surface area contributed by atoms with E-state index in [4.69, 9.17) is 28.9 Å². The largest absolute Gasteiger partial charge is 0.399 e. The van der Waals surface area contributed by atoms with Gasteiger partial charge in [0.05, 0.1) is 5.02 Å². The molecule has 0 spiro atoms. The number of hydrogen-bond donors (Lipinski definition) is 1. The summed E-state index contributed by atoms with van der Waals surface area (Å²) in [5.41, 5.74) is 8.09. The lowest BCUT2D eigenvalue weighted by Gasteiger charge is -2.18. The number of nitrogen functional groups attached to an aromatic ring is 1. The minimum Gasteiger partial charge on any atom is -0.399 e. The van der Waals surface area contributed by atoms with Crippen molar-refractivity contribution in [3.63, 3.8) is 0 Å². The second kappa shape index (κ2) is 6.10. The molecule has 5 nitrogen and oxygen atoms in total. The van der Waals surface area contributed by atoms with E-state index in [0.717, 1.165) is 11.3 Å². The van der Waals surface area contributed by atoms with E-state index in [9.17, 15) is 0 Å². The molecule has 0 unspecified atom stereocenters. The number of anilines is 3. The van der Waals surface area contributed by atoms with E-state index in [2.05, 4.69) is 10.2 Å². The van der Waals surface area contributed by atoms with Crippen LogP contribution in [-0.4, -0.2) is 21.8 Å². The monoisotopic (exact) mass is 347 g/mol. The predicted octanol–water partition coefficient (Wildman–Crippen LogP) is 4.14. The molecule has 0 atom stereocenters. The Morgan fingerprint density at radius 1 is 1.04 bits per heavy atom. The van der Waals surface area contributed by atoms with E-state index in [1.807, 2.05) is 53.9 Å². The highest BCUT2D eigenvalue weighted by atomic mass is 35.5. The van der Waals surface area contributed by atoms with Crippen LogP contribution in [0, 0.1) is 0 Å². The van der Waals surface area contributed by atoms with Crippen LogP contribution < -0.4 is 10.6 Å². The van der Waals surface area contributed by atoms with Gasteiger partial charge in [-0.25, -0.2) is 0 Å². The van der Waals surface area contributed by atoms with Crippen LogP contribution in [0.15, 0.2) is 42.5 Å². The average molecular weight is 348 g/mol. The quantitative estimate of drug-likeness (QED) is 0.723. The van der Waals surface area contributed by atoms with Crippen molar-refractivity contribution in [2.24, 2.45) is 7.05 Å². The fraction of sp³-hybridized carbons (Fsp3) is 0.125. The molecule has 2 aromatic carbocycles. The van der Waals surface area contributed by atoms with Gasteiger partial charge in [0.2, 0.25) is 5.95 Å². The van der Waals surface area contributed by atoms with Crippen LogP contribution in [0.25, 0.3) is 11.4 Å². The first kappa shape index (κ1) is 15.6. The predicted molar refractivity (Wildman–Crippen MR) is 95.4 cm³/mol. The van der Waals surface area contributed by atoms with Crippen molar-refractivity contribution in [1.29, 1.82) is 0 Å². The number of halogens is 2. The molecule has 0 fully saturated rings. The van der Waals surface area contributed by atoms with Gasteiger partial charge < -0.3 is 10.6 Å². The van der Waals surface area contributed by atoms with E-state index in [1.54, 1.807) is 12.1 Å². The maximum atomic E-state index is 6.27. The normalized spacial score (nSPS) is 10.8. The van der Waals surface area contributed by atoms with Gasteiger partial charge in [-0.3, -0.25) is 4.57 Å². The van der Waals surface area contributed by atoms with Crippen molar-refractivity contribution in [3.8, 4) is 11.4 Å². The smallest absolute Gasteiger partial charge is 0.231 e. The number of benzene rings is 2. The van der Waals surface area contributed by atoms with Crippen LogP contribution in [0.1, 0.15) is 0 Å². The summed E-state index contributed by atoms with van der Waals surface area (Å²) in [5.74, 6) is 1.36. The molecule has 1 heterocycles. The Morgan fingerprint density at radius 2 is 1.74 bits per heavy atom. The number of nitrogens with zero attached hydrogens (tertiary/aromatic N) is 4. The molecule has 3 aromatic rings. The second-order valence-corrected chi connectivity index (χ2v) is 6.00. The van der Waals surface area contributed by atoms with Crippen LogP contribution >= 0.6 is 23.2 Å². The molecule has 0 radical (unpaired) electrons. The molecule has 0 saturated carbocycles. The van der Waals surface area contributed by atoms with Gasteiger partial charge in [0.25, 0.3) is 0 Å². The first-order valence-electron chi connectivity index (χ1n) is 6.91. The molecule has 7 heteroatoms. The van der Waals surface area contributed by atoms with Crippen LogP contribution in [-0.2, 0) is 7.05 Å². The minimum atomic E-state index is 0.543. The number of hydrogen-bond acceptors (Lipinski definition) is 4. The summed E-state index contributed by atoms with van der Waals surface area (Å²) in [5, 5.41) is 9.76.